The van der Waals surface area contributed by atoms with Crippen molar-refractivity contribution >= 4 is 17.3 Å². The van der Waals surface area contributed by atoms with Crippen molar-refractivity contribution in [2.24, 2.45) is 0 Å². The van der Waals surface area contributed by atoms with Crippen molar-refractivity contribution in [3.05, 3.63) is 88.4 Å². The molecule has 0 fully saturated rings. The Morgan fingerprint density at radius 3 is 2.56 bits per heavy atom. The topological polar surface area (TPSA) is 35.5 Å². The third kappa shape index (κ3) is 3.86. The molecular formula is C23H23ClN2O. The number of aliphatic hydroxyl groups excluding tert-OH is 1. The van der Waals surface area contributed by atoms with Crippen LogP contribution in [0.4, 0.5) is 5.69 Å². The van der Waals surface area contributed by atoms with Gasteiger partial charge in [0, 0.05) is 31.7 Å². The Morgan fingerprint density at radius 1 is 0.926 bits per heavy atom. The van der Waals surface area contributed by atoms with E-state index in [-0.39, 0.29) is 6.61 Å². The second kappa shape index (κ2) is 8.13. The van der Waals surface area contributed by atoms with Crippen molar-refractivity contribution in [1.29, 1.82) is 0 Å². The van der Waals surface area contributed by atoms with E-state index in [0.717, 1.165) is 41.5 Å². The van der Waals surface area contributed by atoms with Crippen LogP contribution in [0.3, 0.4) is 0 Å². The quantitative estimate of drug-likeness (QED) is 0.615. The van der Waals surface area contributed by atoms with Gasteiger partial charge in [0.25, 0.3) is 0 Å². The number of rotatable bonds is 6. The second-order valence-electron chi connectivity index (χ2n) is 6.86. The van der Waals surface area contributed by atoms with Gasteiger partial charge in [-0.15, -0.1) is 0 Å². The Morgan fingerprint density at radius 2 is 1.74 bits per heavy atom. The van der Waals surface area contributed by atoms with E-state index in [1.165, 1.54) is 16.7 Å². The average molecular weight is 379 g/mol. The van der Waals surface area contributed by atoms with Gasteiger partial charge in [0.1, 0.15) is 0 Å². The van der Waals surface area contributed by atoms with Gasteiger partial charge in [0.05, 0.1) is 17.3 Å². The first-order chi connectivity index (χ1) is 13.3. The van der Waals surface area contributed by atoms with Crippen LogP contribution < -0.4 is 10.2 Å². The molecule has 3 aromatic carbocycles. The first-order valence-corrected chi connectivity index (χ1v) is 9.65. The van der Waals surface area contributed by atoms with E-state index in [9.17, 15) is 0 Å². The molecule has 0 saturated heterocycles. The lowest BCUT2D eigenvalue weighted by atomic mass is 10.0. The molecule has 0 atom stereocenters. The lowest BCUT2D eigenvalue weighted by Crippen LogP contribution is -2.17. The summed E-state index contributed by atoms with van der Waals surface area (Å²) in [5.41, 5.74) is 7.22. The summed E-state index contributed by atoms with van der Waals surface area (Å²) >= 11 is 6.81. The van der Waals surface area contributed by atoms with Gasteiger partial charge in [0.2, 0.25) is 0 Å². The number of aliphatic hydroxyl groups is 1. The van der Waals surface area contributed by atoms with Gasteiger partial charge >= 0.3 is 0 Å². The Balaban J connectivity index is 1.56. The van der Waals surface area contributed by atoms with Gasteiger partial charge in [-0.3, -0.25) is 0 Å². The summed E-state index contributed by atoms with van der Waals surface area (Å²) < 4.78 is 0. The third-order valence-corrected chi connectivity index (χ3v) is 5.41. The number of fused-ring (bicyclic) bond motifs is 1. The summed E-state index contributed by atoms with van der Waals surface area (Å²) in [4.78, 5) is 2.34. The number of benzene rings is 3. The molecule has 138 valence electrons. The Kier molecular flexibility index (Phi) is 5.44. The van der Waals surface area contributed by atoms with Crippen molar-refractivity contribution in [2.45, 2.75) is 19.6 Å². The zero-order valence-corrected chi connectivity index (χ0v) is 15.9. The van der Waals surface area contributed by atoms with Gasteiger partial charge in [-0.05, 0) is 28.3 Å². The monoisotopic (exact) mass is 378 g/mol. The molecular weight excluding hydrogens is 356 g/mol. The molecule has 3 aromatic rings. The molecule has 3 nitrogen and oxygen atoms in total. The average Bonchev–Trinajstić information content (AvgIpc) is 3.12. The fraction of sp³-hybridized carbons (Fsp3) is 0.217. The maximum absolute atomic E-state index is 8.91. The number of anilines is 1. The van der Waals surface area contributed by atoms with Crippen LogP contribution in [-0.4, -0.2) is 18.3 Å². The molecule has 0 aromatic heterocycles. The summed E-state index contributed by atoms with van der Waals surface area (Å²) in [5, 5.41) is 13.0. The maximum atomic E-state index is 8.91. The summed E-state index contributed by atoms with van der Waals surface area (Å²) in [5.74, 6) is 0. The SMILES string of the molecule is OCCNCc1ccc2c(c1)CN(c1cccc(-c3ccccc3)c1Cl)C2. The highest BCUT2D eigenvalue weighted by Gasteiger charge is 2.22. The van der Waals surface area contributed by atoms with E-state index in [2.05, 4.69) is 58.7 Å². The molecule has 4 heteroatoms. The van der Waals surface area contributed by atoms with Crippen LogP contribution >= 0.6 is 11.6 Å². The lowest BCUT2D eigenvalue weighted by molar-refractivity contribution is 0.292. The van der Waals surface area contributed by atoms with E-state index >= 15 is 0 Å². The van der Waals surface area contributed by atoms with Gasteiger partial charge in [-0.2, -0.15) is 0 Å². The molecule has 0 aliphatic carbocycles. The Hall–Kier alpha value is -2.33. The smallest absolute Gasteiger partial charge is 0.0718 e. The van der Waals surface area contributed by atoms with E-state index in [1.54, 1.807) is 0 Å². The summed E-state index contributed by atoms with van der Waals surface area (Å²) in [6.07, 6.45) is 0. The molecule has 0 bridgehead atoms. The molecule has 0 saturated carbocycles. The van der Waals surface area contributed by atoms with Crippen LogP contribution in [0.1, 0.15) is 16.7 Å². The predicted molar refractivity (Wildman–Crippen MR) is 112 cm³/mol. The van der Waals surface area contributed by atoms with Crippen LogP contribution in [0.2, 0.25) is 5.02 Å². The molecule has 1 aliphatic rings. The summed E-state index contributed by atoms with van der Waals surface area (Å²) in [6, 6.07) is 23.2. The van der Waals surface area contributed by atoms with Crippen molar-refractivity contribution in [1.82, 2.24) is 5.32 Å². The number of hydrogen-bond acceptors (Lipinski definition) is 3. The number of nitrogens with one attached hydrogen (secondary N) is 1. The van der Waals surface area contributed by atoms with Crippen LogP contribution in [0.25, 0.3) is 11.1 Å². The van der Waals surface area contributed by atoms with Gasteiger partial charge < -0.3 is 15.3 Å². The van der Waals surface area contributed by atoms with E-state index in [1.807, 2.05) is 18.2 Å². The lowest BCUT2D eigenvalue weighted by Gasteiger charge is -2.21. The van der Waals surface area contributed by atoms with Crippen LogP contribution in [0, 0.1) is 0 Å². The Bertz CT molecular complexity index is 927. The number of hydrogen-bond donors (Lipinski definition) is 2. The largest absolute Gasteiger partial charge is 0.395 e. The van der Waals surface area contributed by atoms with E-state index in [4.69, 9.17) is 16.7 Å². The van der Waals surface area contributed by atoms with Crippen LogP contribution in [0.15, 0.2) is 66.7 Å². The minimum Gasteiger partial charge on any atom is -0.395 e. The molecule has 0 unspecified atom stereocenters. The Labute approximate surface area is 165 Å². The minimum atomic E-state index is 0.162. The van der Waals surface area contributed by atoms with E-state index < -0.39 is 0 Å². The third-order valence-electron chi connectivity index (χ3n) is 5.01. The fourth-order valence-electron chi connectivity index (χ4n) is 3.64. The molecule has 0 amide bonds. The van der Waals surface area contributed by atoms with Crippen LogP contribution in [0.5, 0.6) is 0 Å². The number of nitrogens with zero attached hydrogens (tertiary/aromatic N) is 1. The first kappa shape index (κ1) is 18.1. The van der Waals surface area contributed by atoms with Gasteiger partial charge in [-0.1, -0.05) is 72.3 Å². The molecule has 1 aliphatic heterocycles. The highest BCUT2D eigenvalue weighted by atomic mass is 35.5. The summed E-state index contributed by atoms with van der Waals surface area (Å²) in [6.45, 7) is 3.29. The van der Waals surface area contributed by atoms with Crippen molar-refractivity contribution < 1.29 is 5.11 Å². The molecule has 1 heterocycles. The normalized spacial score (nSPS) is 13.0. The molecule has 0 radical (unpaired) electrons. The van der Waals surface area contributed by atoms with Crippen molar-refractivity contribution in [2.75, 3.05) is 18.1 Å². The minimum absolute atomic E-state index is 0.162. The number of halogens is 1. The molecule has 2 N–H and O–H groups in total. The van der Waals surface area contributed by atoms with Gasteiger partial charge in [0.15, 0.2) is 0 Å². The summed E-state index contributed by atoms with van der Waals surface area (Å²) in [7, 11) is 0. The zero-order valence-electron chi connectivity index (χ0n) is 15.2. The highest BCUT2D eigenvalue weighted by Crippen LogP contribution is 2.39. The molecule has 27 heavy (non-hydrogen) atoms. The second-order valence-corrected chi connectivity index (χ2v) is 7.24. The zero-order chi connectivity index (χ0) is 18.6. The maximum Gasteiger partial charge on any atom is 0.0718 e. The van der Waals surface area contributed by atoms with Crippen molar-refractivity contribution in [3.63, 3.8) is 0 Å². The fourth-order valence-corrected chi connectivity index (χ4v) is 4.00. The first-order valence-electron chi connectivity index (χ1n) is 9.27. The standard InChI is InChI=1S/C23H23ClN2O/c24-23-21(18-5-2-1-3-6-18)7-4-8-22(23)26-15-19-10-9-17(13-20(19)16-26)14-25-11-12-27/h1-10,13,25,27H,11-12,14-16H2. The van der Waals surface area contributed by atoms with E-state index in [0.29, 0.717) is 6.54 Å². The van der Waals surface area contributed by atoms with Gasteiger partial charge in [-0.25, -0.2) is 0 Å². The van der Waals surface area contributed by atoms with Crippen molar-refractivity contribution in [3.8, 4) is 11.1 Å². The molecule has 0 spiro atoms. The van der Waals surface area contributed by atoms with Crippen LogP contribution in [-0.2, 0) is 19.6 Å². The predicted octanol–water partition coefficient (Wildman–Crippen LogP) is 4.61. The molecule has 4 rings (SSSR count). The highest BCUT2D eigenvalue weighted by molar-refractivity contribution is 6.36.